The molecule has 104 valence electrons. The van der Waals surface area contributed by atoms with Gasteiger partial charge < -0.3 is 16.4 Å². The second-order valence-electron chi connectivity index (χ2n) is 3.93. The summed E-state index contributed by atoms with van der Waals surface area (Å²) < 4.78 is 26.6. The third-order valence-electron chi connectivity index (χ3n) is 2.43. The molecule has 4 N–H and O–H groups in total. The lowest BCUT2D eigenvalue weighted by molar-refractivity contribution is -0.116. The van der Waals surface area contributed by atoms with Crippen LogP contribution < -0.4 is 16.4 Å². The number of nitrogens with two attached hydrogens (primary N) is 1. The summed E-state index contributed by atoms with van der Waals surface area (Å²) in [6.07, 6.45) is 0.761. The third kappa shape index (κ3) is 4.29. The summed E-state index contributed by atoms with van der Waals surface area (Å²) in [5.74, 6) is -3.46. The Bertz CT molecular complexity index is 492. The van der Waals surface area contributed by atoms with Crippen LogP contribution in [0.4, 0.5) is 14.5 Å². The average Bonchev–Trinajstić information content (AvgIpc) is 2.32. The lowest BCUT2D eigenvalue weighted by Gasteiger charge is -2.08. The first kappa shape index (κ1) is 15.0. The highest BCUT2D eigenvalue weighted by Crippen LogP contribution is 2.19. The molecule has 5 nitrogen and oxygen atoms in total. The van der Waals surface area contributed by atoms with Crippen LogP contribution in [-0.2, 0) is 4.79 Å². The molecule has 1 rings (SSSR count). The summed E-state index contributed by atoms with van der Waals surface area (Å²) >= 11 is 0. The molecule has 0 aliphatic heterocycles. The Balaban J connectivity index is 2.80. The fourth-order valence-corrected chi connectivity index (χ4v) is 1.47. The zero-order valence-electron chi connectivity index (χ0n) is 10.4. The minimum atomic E-state index is -1.06. The van der Waals surface area contributed by atoms with Gasteiger partial charge in [0, 0.05) is 12.5 Å². The van der Waals surface area contributed by atoms with Crippen molar-refractivity contribution >= 4 is 17.5 Å². The molecule has 0 saturated carbocycles. The molecule has 1 aromatic carbocycles. The van der Waals surface area contributed by atoms with E-state index >= 15 is 0 Å². The number of amides is 2. The summed E-state index contributed by atoms with van der Waals surface area (Å²) in [5, 5.41) is 5.14. The van der Waals surface area contributed by atoms with Crippen molar-refractivity contribution in [2.75, 3.05) is 18.9 Å². The fourth-order valence-electron chi connectivity index (χ4n) is 1.47. The Morgan fingerprint density at radius 2 is 1.95 bits per heavy atom. The topological polar surface area (TPSA) is 84.2 Å². The molecule has 2 amide bonds. The fraction of sp³-hybridized carbons (Fsp3) is 0.333. The smallest absolute Gasteiger partial charge is 0.251 e. The minimum Gasteiger partial charge on any atom is -0.366 e. The molecular formula is C12H15F2N3O2. The van der Waals surface area contributed by atoms with E-state index in [4.69, 9.17) is 5.73 Å². The average molecular weight is 271 g/mol. The second-order valence-corrected chi connectivity index (χ2v) is 3.93. The molecule has 0 spiro atoms. The molecule has 0 heterocycles. The molecule has 0 saturated heterocycles. The molecule has 1 aromatic rings. The molecule has 0 radical (unpaired) electrons. The van der Waals surface area contributed by atoms with Crippen LogP contribution in [0.2, 0.25) is 0 Å². The number of benzene rings is 1. The maximum atomic E-state index is 13.4. The van der Waals surface area contributed by atoms with Crippen LogP contribution in [0.3, 0.4) is 0 Å². The zero-order chi connectivity index (χ0) is 14.4. The van der Waals surface area contributed by atoms with Gasteiger partial charge in [-0.15, -0.1) is 0 Å². The van der Waals surface area contributed by atoms with E-state index in [2.05, 4.69) is 10.6 Å². The molecule has 0 aliphatic rings. The molecule has 7 heteroatoms. The molecule has 19 heavy (non-hydrogen) atoms. The molecule has 0 fully saturated rings. The van der Waals surface area contributed by atoms with Crippen LogP contribution in [0.1, 0.15) is 23.2 Å². The Morgan fingerprint density at radius 3 is 2.53 bits per heavy atom. The van der Waals surface area contributed by atoms with Crippen LogP contribution in [-0.4, -0.2) is 25.4 Å². The van der Waals surface area contributed by atoms with Crippen molar-refractivity contribution in [3.05, 3.63) is 29.3 Å². The second kappa shape index (κ2) is 6.79. The molecule has 0 unspecified atom stereocenters. The van der Waals surface area contributed by atoms with Gasteiger partial charge in [-0.05, 0) is 26.1 Å². The molecule has 0 aliphatic carbocycles. The Morgan fingerprint density at radius 1 is 1.26 bits per heavy atom. The first-order chi connectivity index (χ1) is 8.95. The normalized spacial score (nSPS) is 10.3. The summed E-state index contributed by atoms with van der Waals surface area (Å²) in [7, 11) is 1.75. The number of nitrogens with one attached hydrogen (secondary N) is 2. The van der Waals surface area contributed by atoms with Crippen molar-refractivity contribution in [3.8, 4) is 0 Å². The van der Waals surface area contributed by atoms with Crippen molar-refractivity contribution in [3.63, 3.8) is 0 Å². The maximum absolute atomic E-state index is 13.4. The monoisotopic (exact) mass is 271 g/mol. The summed E-state index contributed by atoms with van der Waals surface area (Å²) in [6.45, 7) is 0.645. The number of halogens is 2. The largest absolute Gasteiger partial charge is 0.366 e. The number of primary amides is 1. The van der Waals surface area contributed by atoms with E-state index in [1.54, 1.807) is 7.05 Å². The Kier molecular flexibility index (Phi) is 5.37. The highest BCUT2D eigenvalue weighted by molar-refractivity contribution is 5.96. The highest BCUT2D eigenvalue weighted by Gasteiger charge is 2.15. The minimum absolute atomic E-state index is 0.184. The van der Waals surface area contributed by atoms with E-state index < -0.39 is 29.0 Å². The lowest BCUT2D eigenvalue weighted by Crippen LogP contribution is -2.18. The number of hydrogen-bond acceptors (Lipinski definition) is 3. The van der Waals surface area contributed by atoms with E-state index in [0.717, 1.165) is 6.07 Å². The van der Waals surface area contributed by atoms with Crippen LogP contribution >= 0.6 is 0 Å². The maximum Gasteiger partial charge on any atom is 0.251 e. The van der Waals surface area contributed by atoms with Crippen molar-refractivity contribution < 1.29 is 18.4 Å². The third-order valence-corrected chi connectivity index (χ3v) is 2.43. The van der Waals surface area contributed by atoms with Gasteiger partial charge in [-0.2, -0.15) is 0 Å². The van der Waals surface area contributed by atoms with Crippen molar-refractivity contribution in [1.29, 1.82) is 0 Å². The lowest BCUT2D eigenvalue weighted by atomic mass is 10.1. The van der Waals surface area contributed by atoms with Gasteiger partial charge in [0.2, 0.25) is 5.91 Å². The number of carbonyl (C=O) groups excluding carboxylic acids is 2. The van der Waals surface area contributed by atoms with Crippen LogP contribution in [0.15, 0.2) is 12.1 Å². The van der Waals surface area contributed by atoms with E-state index in [9.17, 15) is 18.4 Å². The standard InChI is InChI=1S/C12H15F2N3O2/c1-16-4-2-3-11(18)17-10-5-7(12(15)19)8(13)6-9(10)14/h5-6,16H,2-4H2,1H3,(H2,15,19)(H,17,18). The molecule has 0 atom stereocenters. The van der Waals surface area contributed by atoms with Gasteiger partial charge in [0.25, 0.3) is 5.91 Å². The Hall–Kier alpha value is -2.02. The molecule has 0 aromatic heterocycles. The van der Waals surface area contributed by atoms with Crippen molar-refractivity contribution in [2.24, 2.45) is 5.73 Å². The molecule has 0 bridgehead atoms. The van der Waals surface area contributed by atoms with Crippen LogP contribution in [0.25, 0.3) is 0 Å². The summed E-state index contributed by atoms with van der Waals surface area (Å²) in [5.41, 5.74) is 4.21. The predicted molar refractivity (Wildman–Crippen MR) is 66.7 cm³/mol. The number of rotatable bonds is 6. The summed E-state index contributed by atoms with van der Waals surface area (Å²) in [6, 6.07) is 1.41. The first-order valence-electron chi connectivity index (χ1n) is 5.69. The van der Waals surface area contributed by atoms with Gasteiger partial charge in [-0.3, -0.25) is 9.59 Å². The predicted octanol–water partition coefficient (Wildman–Crippen LogP) is 1.00. The summed E-state index contributed by atoms with van der Waals surface area (Å²) in [4.78, 5) is 22.4. The van der Waals surface area contributed by atoms with Gasteiger partial charge in [0.05, 0.1) is 11.3 Å². The van der Waals surface area contributed by atoms with Crippen LogP contribution in [0.5, 0.6) is 0 Å². The van der Waals surface area contributed by atoms with Crippen LogP contribution in [0, 0.1) is 11.6 Å². The number of carbonyl (C=O) groups is 2. The quantitative estimate of drug-likeness (QED) is 0.675. The van der Waals surface area contributed by atoms with Gasteiger partial charge in [0.1, 0.15) is 11.6 Å². The number of anilines is 1. The van der Waals surface area contributed by atoms with E-state index in [0.29, 0.717) is 19.0 Å². The van der Waals surface area contributed by atoms with Crippen molar-refractivity contribution in [1.82, 2.24) is 5.32 Å². The SMILES string of the molecule is CNCCCC(=O)Nc1cc(C(N)=O)c(F)cc1F. The van der Waals surface area contributed by atoms with Gasteiger partial charge in [-0.25, -0.2) is 8.78 Å². The molecular weight excluding hydrogens is 256 g/mol. The van der Waals surface area contributed by atoms with Gasteiger partial charge >= 0.3 is 0 Å². The first-order valence-corrected chi connectivity index (χ1v) is 5.69. The van der Waals surface area contributed by atoms with E-state index in [1.165, 1.54) is 0 Å². The van der Waals surface area contributed by atoms with Gasteiger partial charge in [-0.1, -0.05) is 0 Å². The van der Waals surface area contributed by atoms with Crippen molar-refractivity contribution in [2.45, 2.75) is 12.8 Å². The Labute approximate surface area is 109 Å². The van der Waals surface area contributed by atoms with E-state index in [1.807, 2.05) is 0 Å². The highest BCUT2D eigenvalue weighted by atomic mass is 19.1. The van der Waals surface area contributed by atoms with E-state index in [-0.39, 0.29) is 12.1 Å². The number of hydrogen-bond donors (Lipinski definition) is 3. The van der Waals surface area contributed by atoms with Gasteiger partial charge in [0.15, 0.2) is 0 Å². The zero-order valence-corrected chi connectivity index (χ0v) is 10.4.